The number of pyridine rings is 1. The lowest BCUT2D eigenvalue weighted by Crippen LogP contribution is -2.13. The number of benzene rings is 4. The highest BCUT2D eigenvalue weighted by atomic mass is 32.1. The van der Waals surface area contributed by atoms with Crippen molar-refractivity contribution in [1.29, 1.82) is 0 Å². The monoisotopic (exact) mass is 387 g/mol. The first kappa shape index (κ1) is 16.5. The molecule has 0 aliphatic carbocycles. The first-order valence-corrected chi connectivity index (χ1v) is 10.4. The first-order valence-electron chi connectivity index (χ1n) is 9.61. The summed E-state index contributed by atoms with van der Waals surface area (Å²) in [6.45, 7) is 8.33. The van der Waals surface area contributed by atoms with Gasteiger partial charge in [-0.3, -0.25) is 4.98 Å². The molecule has 0 atom stereocenters. The van der Waals surface area contributed by atoms with Gasteiger partial charge in [0.1, 0.15) is 0 Å². The third kappa shape index (κ3) is 2.30. The molecule has 4 aromatic carbocycles. The lowest BCUT2D eigenvalue weighted by atomic mass is 9.93. The smallest absolute Gasteiger partial charge is 0.0880 e. The fourth-order valence-corrected chi connectivity index (χ4v) is 5.43. The third-order valence-electron chi connectivity index (χ3n) is 5.81. The van der Waals surface area contributed by atoms with Crippen LogP contribution in [0.15, 0.2) is 79.0 Å². The highest BCUT2D eigenvalue weighted by Crippen LogP contribution is 2.37. The fraction of sp³-hybridized carbons (Fsp3) is 0. The SMILES string of the molecule is C=c1sc2c(-c3ccc4c5ccccc5c5ccccc5c4c3)nccc2c1=C. The molecule has 6 rings (SSSR count). The van der Waals surface area contributed by atoms with Crippen LogP contribution in [0.2, 0.25) is 0 Å². The van der Waals surface area contributed by atoms with Gasteiger partial charge < -0.3 is 0 Å². The Kier molecular flexibility index (Phi) is 3.41. The van der Waals surface area contributed by atoms with Crippen molar-refractivity contribution in [2.75, 3.05) is 0 Å². The topological polar surface area (TPSA) is 12.9 Å². The molecule has 0 aliphatic heterocycles. The van der Waals surface area contributed by atoms with Gasteiger partial charge >= 0.3 is 0 Å². The maximum Gasteiger partial charge on any atom is 0.0880 e. The van der Waals surface area contributed by atoms with Crippen LogP contribution in [0.25, 0.3) is 66.8 Å². The molecule has 2 heteroatoms. The quantitative estimate of drug-likeness (QED) is 0.304. The maximum absolute atomic E-state index is 4.74. The Balaban J connectivity index is 1.77. The normalized spacial score (nSPS) is 11.7. The van der Waals surface area contributed by atoms with Gasteiger partial charge in [0.2, 0.25) is 0 Å². The molecular formula is C27H17NS. The van der Waals surface area contributed by atoms with Crippen LogP contribution in [0.5, 0.6) is 0 Å². The summed E-state index contributed by atoms with van der Waals surface area (Å²) in [7, 11) is 0. The number of hydrogen-bond acceptors (Lipinski definition) is 2. The lowest BCUT2D eigenvalue weighted by Gasteiger charge is -2.12. The van der Waals surface area contributed by atoms with Gasteiger partial charge in [-0.25, -0.2) is 0 Å². The average molecular weight is 388 g/mol. The molecule has 0 spiro atoms. The Bertz CT molecular complexity index is 1660. The molecule has 0 bridgehead atoms. The van der Waals surface area contributed by atoms with Gasteiger partial charge in [-0.1, -0.05) is 73.8 Å². The van der Waals surface area contributed by atoms with Crippen LogP contribution in [0.4, 0.5) is 0 Å². The van der Waals surface area contributed by atoms with E-state index in [0.29, 0.717) is 0 Å². The van der Waals surface area contributed by atoms with Crippen molar-refractivity contribution < 1.29 is 0 Å². The second kappa shape index (κ2) is 6.00. The second-order valence-corrected chi connectivity index (χ2v) is 8.50. The van der Waals surface area contributed by atoms with Crippen LogP contribution in [0.1, 0.15) is 0 Å². The number of aromatic nitrogens is 1. The van der Waals surface area contributed by atoms with Gasteiger partial charge in [0.15, 0.2) is 0 Å². The van der Waals surface area contributed by atoms with Crippen molar-refractivity contribution in [3.63, 3.8) is 0 Å². The number of rotatable bonds is 1. The van der Waals surface area contributed by atoms with E-state index in [2.05, 4.69) is 79.9 Å². The summed E-state index contributed by atoms with van der Waals surface area (Å²) >= 11 is 1.68. The molecular weight excluding hydrogens is 370 g/mol. The molecule has 29 heavy (non-hydrogen) atoms. The second-order valence-electron chi connectivity index (χ2n) is 7.39. The van der Waals surface area contributed by atoms with Gasteiger partial charge in [-0.05, 0) is 49.7 Å². The summed E-state index contributed by atoms with van der Waals surface area (Å²) in [5.41, 5.74) is 2.14. The van der Waals surface area contributed by atoms with Gasteiger partial charge in [-0.2, -0.15) is 0 Å². The summed E-state index contributed by atoms with van der Waals surface area (Å²) in [6.07, 6.45) is 1.88. The van der Waals surface area contributed by atoms with Crippen LogP contribution < -0.4 is 9.75 Å². The summed E-state index contributed by atoms with van der Waals surface area (Å²) in [5, 5.41) is 9.83. The molecule has 0 aliphatic rings. The van der Waals surface area contributed by atoms with E-state index in [1.54, 1.807) is 11.3 Å². The Labute approximate surface area is 171 Å². The molecule has 0 radical (unpaired) electrons. The molecule has 136 valence electrons. The van der Waals surface area contributed by atoms with Crippen LogP contribution in [0, 0.1) is 0 Å². The van der Waals surface area contributed by atoms with Crippen molar-refractivity contribution >= 4 is 66.9 Å². The van der Waals surface area contributed by atoms with E-state index in [1.807, 2.05) is 12.3 Å². The van der Waals surface area contributed by atoms with Crippen LogP contribution in [-0.4, -0.2) is 4.98 Å². The minimum atomic E-state index is 1.01. The zero-order valence-electron chi connectivity index (χ0n) is 15.8. The summed E-state index contributed by atoms with van der Waals surface area (Å²) in [6, 6.07) is 26.1. The molecule has 0 saturated heterocycles. The Morgan fingerprint density at radius 2 is 1.21 bits per heavy atom. The van der Waals surface area contributed by atoms with Crippen LogP contribution in [0.3, 0.4) is 0 Å². The highest BCUT2D eigenvalue weighted by Gasteiger charge is 2.12. The molecule has 2 aromatic heterocycles. The van der Waals surface area contributed by atoms with Gasteiger partial charge in [-0.15, -0.1) is 11.3 Å². The first-order chi connectivity index (χ1) is 14.2. The predicted molar refractivity (Wildman–Crippen MR) is 128 cm³/mol. The Hall–Kier alpha value is -3.49. The molecule has 6 aromatic rings. The molecule has 1 nitrogen and oxygen atoms in total. The van der Waals surface area contributed by atoms with Crippen molar-refractivity contribution in [2.45, 2.75) is 0 Å². The van der Waals surface area contributed by atoms with Gasteiger partial charge in [0.05, 0.1) is 10.4 Å². The van der Waals surface area contributed by atoms with E-state index in [-0.39, 0.29) is 0 Å². The minimum Gasteiger partial charge on any atom is -0.255 e. The highest BCUT2D eigenvalue weighted by molar-refractivity contribution is 7.17. The largest absolute Gasteiger partial charge is 0.255 e. The van der Waals surface area contributed by atoms with Crippen LogP contribution >= 0.6 is 11.3 Å². The third-order valence-corrected chi connectivity index (χ3v) is 6.92. The van der Waals surface area contributed by atoms with Crippen LogP contribution in [-0.2, 0) is 0 Å². The molecule has 0 fully saturated rings. The fourth-order valence-electron chi connectivity index (χ4n) is 4.38. The standard InChI is InChI=1S/C27H17NS/c1-16-17(2)29-27-19(16)13-14-28-26(27)18-11-12-24-22-9-4-3-7-20(22)21-8-5-6-10-23(21)25(24)15-18/h3-15H,1-2H2. The Morgan fingerprint density at radius 1 is 0.621 bits per heavy atom. The maximum atomic E-state index is 4.74. The van der Waals surface area contributed by atoms with Crippen molar-refractivity contribution in [3.8, 4) is 11.3 Å². The van der Waals surface area contributed by atoms with E-state index in [0.717, 1.165) is 31.1 Å². The molecule has 0 N–H and O–H groups in total. The minimum absolute atomic E-state index is 1.01. The summed E-state index contributed by atoms with van der Waals surface area (Å²) in [5.74, 6) is 0. The van der Waals surface area contributed by atoms with Crippen molar-refractivity contribution in [3.05, 3.63) is 88.7 Å². The van der Waals surface area contributed by atoms with Gasteiger partial charge in [0.25, 0.3) is 0 Å². The zero-order valence-corrected chi connectivity index (χ0v) is 16.6. The average Bonchev–Trinajstić information content (AvgIpc) is 3.07. The number of hydrogen-bond donors (Lipinski definition) is 0. The van der Waals surface area contributed by atoms with E-state index in [4.69, 9.17) is 4.98 Å². The number of thiophene rings is 1. The molecule has 0 saturated carbocycles. The van der Waals surface area contributed by atoms with E-state index in [9.17, 15) is 0 Å². The van der Waals surface area contributed by atoms with Crippen molar-refractivity contribution in [1.82, 2.24) is 4.98 Å². The zero-order chi connectivity index (χ0) is 19.5. The summed E-state index contributed by atoms with van der Waals surface area (Å²) in [4.78, 5) is 4.74. The number of nitrogens with zero attached hydrogens (tertiary/aromatic N) is 1. The lowest BCUT2D eigenvalue weighted by molar-refractivity contribution is 1.37. The predicted octanol–water partition coefficient (Wildman–Crippen LogP) is 6.24. The van der Waals surface area contributed by atoms with Crippen molar-refractivity contribution in [2.24, 2.45) is 0 Å². The Morgan fingerprint density at radius 3 is 1.86 bits per heavy atom. The molecule has 0 unspecified atom stereocenters. The molecule has 2 heterocycles. The molecule has 0 amide bonds. The van der Waals surface area contributed by atoms with E-state index >= 15 is 0 Å². The number of fused-ring (bicyclic) bond motifs is 7. The summed E-state index contributed by atoms with van der Waals surface area (Å²) < 4.78 is 2.17. The van der Waals surface area contributed by atoms with E-state index < -0.39 is 0 Å². The van der Waals surface area contributed by atoms with E-state index in [1.165, 1.54) is 32.3 Å². The van der Waals surface area contributed by atoms with Gasteiger partial charge in [0, 0.05) is 21.7 Å².